The third-order valence-electron chi connectivity index (χ3n) is 2.66. The first-order valence-electron chi connectivity index (χ1n) is 6.31. The molecule has 18 heavy (non-hydrogen) atoms. The van der Waals surface area contributed by atoms with Crippen molar-refractivity contribution in [2.75, 3.05) is 5.32 Å². The SMILES string of the molecule is Cc1cn(CC(C)C)c(NCc2ccn(C)n2)n1. The van der Waals surface area contributed by atoms with Crippen LogP contribution in [0.15, 0.2) is 18.5 Å². The Labute approximate surface area is 108 Å². The molecule has 0 saturated heterocycles. The summed E-state index contributed by atoms with van der Waals surface area (Å²) in [4.78, 5) is 4.50. The van der Waals surface area contributed by atoms with Gasteiger partial charge < -0.3 is 9.88 Å². The minimum Gasteiger partial charge on any atom is -0.350 e. The highest BCUT2D eigenvalue weighted by molar-refractivity contribution is 5.29. The molecule has 0 aliphatic heterocycles. The van der Waals surface area contributed by atoms with Crippen LogP contribution in [0.4, 0.5) is 5.95 Å². The molecule has 0 aromatic carbocycles. The zero-order chi connectivity index (χ0) is 13.1. The van der Waals surface area contributed by atoms with Crippen LogP contribution in [-0.2, 0) is 20.1 Å². The summed E-state index contributed by atoms with van der Waals surface area (Å²) in [5.74, 6) is 1.53. The Morgan fingerprint density at radius 2 is 2.17 bits per heavy atom. The maximum Gasteiger partial charge on any atom is 0.203 e. The molecule has 0 aliphatic rings. The van der Waals surface area contributed by atoms with Crippen molar-refractivity contribution in [1.82, 2.24) is 19.3 Å². The van der Waals surface area contributed by atoms with Crippen molar-refractivity contribution >= 4 is 5.95 Å². The van der Waals surface area contributed by atoms with E-state index in [0.29, 0.717) is 12.5 Å². The number of hydrogen-bond acceptors (Lipinski definition) is 3. The Morgan fingerprint density at radius 3 is 2.78 bits per heavy atom. The van der Waals surface area contributed by atoms with Gasteiger partial charge in [-0.05, 0) is 18.9 Å². The largest absolute Gasteiger partial charge is 0.350 e. The molecule has 0 aliphatic carbocycles. The normalized spacial score (nSPS) is 11.2. The van der Waals surface area contributed by atoms with Gasteiger partial charge in [-0.1, -0.05) is 13.8 Å². The summed E-state index contributed by atoms with van der Waals surface area (Å²) in [6, 6.07) is 2.01. The van der Waals surface area contributed by atoms with E-state index in [1.165, 1.54) is 0 Å². The Hall–Kier alpha value is -1.78. The highest BCUT2D eigenvalue weighted by atomic mass is 15.3. The third-order valence-corrected chi connectivity index (χ3v) is 2.66. The van der Waals surface area contributed by atoms with E-state index in [1.807, 2.05) is 30.9 Å². The summed E-state index contributed by atoms with van der Waals surface area (Å²) in [7, 11) is 1.92. The zero-order valence-corrected chi connectivity index (χ0v) is 11.5. The van der Waals surface area contributed by atoms with E-state index < -0.39 is 0 Å². The molecule has 1 N–H and O–H groups in total. The van der Waals surface area contributed by atoms with E-state index in [4.69, 9.17) is 0 Å². The van der Waals surface area contributed by atoms with Crippen LogP contribution >= 0.6 is 0 Å². The maximum atomic E-state index is 4.50. The monoisotopic (exact) mass is 247 g/mol. The van der Waals surface area contributed by atoms with Crippen LogP contribution in [-0.4, -0.2) is 19.3 Å². The fraction of sp³-hybridized carbons (Fsp3) is 0.538. The molecule has 2 aromatic rings. The van der Waals surface area contributed by atoms with Gasteiger partial charge in [-0.25, -0.2) is 4.98 Å². The molecule has 0 spiro atoms. The molecule has 2 heterocycles. The molecule has 98 valence electrons. The standard InChI is InChI=1S/C13H21N5/c1-10(2)8-18-9-11(3)15-13(18)14-7-12-5-6-17(4)16-12/h5-6,9-10H,7-8H2,1-4H3,(H,14,15). The summed E-state index contributed by atoms with van der Waals surface area (Å²) in [6.07, 6.45) is 4.03. The lowest BCUT2D eigenvalue weighted by molar-refractivity contribution is 0.526. The van der Waals surface area contributed by atoms with Gasteiger partial charge in [0.05, 0.1) is 17.9 Å². The van der Waals surface area contributed by atoms with Crippen LogP contribution in [0, 0.1) is 12.8 Å². The van der Waals surface area contributed by atoms with E-state index in [-0.39, 0.29) is 0 Å². The Morgan fingerprint density at radius 1 is 1.39 bits per heavy atom. The Kier molecular flexibility index (Phi) is 3.69. The highest BCUT2D eigenvalue weighted by Crippen LogP contribution is 2.12. The summed E-state index contributed by atoms with van der Waals surface area (Å²) in [5, 5.41) is 7.69. The van der Waals surface area contributed by atoms with E-state index in [2.05, 4.69) is 40.0 Å². The number of aromatic nitrogens is 4. The molecule has 0 unspecified atom stereocenters. The van der Waals surface area contributed by atoms with E-state index in [1.54, 1.807) is 0 Å². The van der Waals surface area contributed by atoms with Gasteiger partial charge in [0, 0.05) is 26.0 Å². The first kappa shape index (κ1) is 12.7. The number of imidazole rings is 1. The van der Waals surface area contributed by atoms with Crippen molar-refractivity contribution in [3.8, 4) is 0 Å². The van der Waals surface area contributed by atoms with Gasteiger partial charge in [-0.15, -0.1) is 0 Å². The van der Waals surface area contributed by atoms with Crippen molar-refractivity contribution in [2.45, 2.75) is 33.9 Å². The molecule has 0 bridgehead atoms. The van der Waals surface area contributed by atoms with Gasteiger partial charge in [0.1, 0.15) is 0 Å². The number of aryl methyl sites for hydroxylation is 2. The lowest BCUT2D eigenvalue weighted by Gasteiger charge is -2.10. The van der Waals surface area contributed by atoms with Crippen LogP contribution in [0.3, 0.4) is 0 Å². The van der Waals surface area contributed by atoms with Crippen LogP contribution in [0.25, 0.3) is 0 Å². The van der Waals surface area contributed by atoms with Crippen LogP contribution in [0.5, 0.6) is 0 Å². The molecule has 2 aromatic heterocycles. The van der Waals surface area contributed by atoms with Crippen LogP contribution < -0.4 is 5.32 Å². The van der Waals surface area contributed by atoms with Crippen molar-refractivity contribution < 1.29 is 0 Å². The fourth-order valence-electron chi connectivity index (χ4n) is 1.95. The first-order chi connectivity index (χ1) is 8.54. The molecule has 0 fully saturated rings. The summed E-state index contributed by atoms with van der Waals surface area (Å²) < 4.78 is 3.98. The quantitative estimate of drug-likeness (QED) is 0.881. The van der Waals surface area contributed by atoms with Gasteiger partial charge >= 0.3 is 0 Å². The average Bonchev–Trinajstić information content (AvgIpc) is 2.82. The second-order valence-electron chi connectivity index (χ2n) is 5.09. The minimum absolute atomic E-state index is 0.606. The highest BCUT2D eigenvalue weighted by Gasteiger charge is 2.07. The van der Waals surface area contributed by atoms with Crippen molar-refractivity contribution in [3.05, 3.63) is 29.8 Å². The van der Waals surface area contributed by atoms with Crippen molar-refractivity contribution in [2.24, 2.45) is 13.0 Å². The van der Waals surface area contributed by atoms with Crippen LogP contribution in [0.1, 0.15) is 25.2 Å². The molecule has 5 nitrogen and oxygen atoms in total. The number of nitrogens with zero attached hydrogens (tertiary/aromatic N) is 4. The average molecular weight is 247 g/mol. The van der Waals surface area contributed by atoms with Gasteiger partial charge in [-0.2, -0.15) is 5.10 Å². The van der Waals surface area contributed by atoms with E-state index >= 15 is 0 Å². The lowest BCUT2D eigenvalue weighted by atomic mass is 10.2. The number of rotatable bonds is 5. The van der Waals surface area contributed by atoms with Crippen molar-refractivity contribution in [3.63, 3.8) is 0 Å². The summed E-state index contributed by atoms with van der Waals surface area (Å²) in [6.45, 7) is 8.11. The molecule has 0 amide bonds. The number of nitrogens with one attached hydrogen (secondary N) is 1. The Bertz CT molecular complexity index is 509. The molecule has 0 radical (unpaired) electrons. The maximum absolute atomic E-state index is 4.50. The predicted molar refractivity (Wildman–Crippen MR) is 72.3 cm³/mol. The lowest BCUT2D eigenvalue weighted by Crippen LogP contribution is -2.10. The number of anilines is 1. The smallest absolute Gasteiger partial charge is 0.203 e. The molecule has 2 rings (SSSR count). The summed E-state index contributed by atoms with van der Waals surface area (Å²) >= 11 is 0. The van der Waals surface area contributed by atoms with Gasteiger partial charge in [0.15, 0.2) is 0 Å². The second-order valence-corrected chi connectivity index (χ2v) is 5.09. The zero-order valence-electron chi connectivity index (χ0n) is 11.5. The third kappa shape index (κ3) is 3.12. The van der Waals surface area contributed by atoms with Gasteiger partial charge in [-0.3, -0.25) is 4.68 Å². The minimum atomic E-state index is 0.606. The molecule has 5 heteroatoms. The first-order valence-corrected chi connectivity index (χ1v) is 6.31. The van der Waals surface area contributed by atoms with Gasteiger partial charge in [0.25, 0.3) is 0 Å². The van der Waals surface area contributed by atoms with Crippen molar-refractivity contribution in [1.29, 1.82) is 0 Å². The van der Waals surface area contributed by atoms with E-state index in [0.717, 1.165) is 23.9 Å². The Balaban J connectivity index is 2.04. The predicted octanol–water partition coefficient (Wildman–Crippen LogP) is 2.19. The van der Waals surface area contributed by atoms with Gasteiger partial charge in [0.2, 0.25) is 5.95 Å². The van der Waals surface area contributed by atoms with Crippen LogP contribution in [0.2, 0.25) is 0 Å². The topological polar surface area (TPSA) is 47.7 Å². The fourth-order valence-corrected chi connectivity index (χ4v) is 1.95. The molecule has 0 atom stereocenters. The summed E-state index contributed by atoms with van der Waals surface area (Å²) in [5.41, 5.74) is 2.06. The molecular formula is C13H21N5. The second kappa shape index (κ2) is 5.25. The molecule has 0 saturated carbocycles. The molecular weight excluding hydrogens is 226 g/mol. The number of hydrogen-bond donors (Lipinski definition) is 1. The van der Waals surface area contributed by atoms with E-state index in [9.17, 15) is 0 Å².